The summed E-state index contributed by atoms with van der Waals surface area (Å²) in [5.74, 6) is 0.545. The molecule has 0 amide bonds. The van der Waals surface area contributed by atoms with Crippen molar-refractivity contribution in [3.63, 3.8) is 0 Å². The lowest BCUT2D eigenvalue weighted by molar-refractivity contribution is 0.0514. The third-order valence-electron chi connectivity index (χ3n) is 5.83. The third-order valence-corrected chi connectivity index (χ3v) is 6.92. The molecule has 1 aliphatic rings. The van der Waals surface area contributed by atoms with Crippen molar-refractivity contribution in [1.29, 1.82) is 0 Å². The van der Waals surface area contributed by atoms with Crippen LogP contribution in [0.3, 0.4) is 0 Å². The molecule has 0 radical (unpaired) electrons. The van der Waals surface area contributed by atoms with Crippen LogP contribution in [0.25, 0.3) is 0 Å². The molecule has 0 bridgehead atoms. The van der Waals surface area contributed by atoms with Crippen LogP contribution in [0.2, 0.25) is 0 Å². The van der Waals surface area contributed by atoms with Gasteiger partial charge in [-0.15, -0.1) is 11.8 Å². The van der Waals surface area contributed by atoms with Crippen molar-refractivity contribution in [2.75, 3.05) is 0 Å². The number of hydrogen-bond acceptors (Lipinski definition) is 5. The molecule has 1 fully saturated rings. The van der Waals surface area contributed by atoms with E-state index in [-0.39, 0.29) is 5.78 Å². The fraction of sp³-hybridized carbons (Fsp3) is 0.250. The Labute approximate surface area is 199 Å². The largest absolute Gasteiger partial charge is 0.365 e. The van der Waals surface area contributed by atoms with Crippen molar-refractivity contribution in [2.45, 2.75) is 42.8 Å². The van der Waals surface area contributed by atoms with Crippen LogP contribution in [0, 0.1) is 5.92 Å². The van der Waals surface area contributed by atoms with E-state index in [4.69, 9.17) is 4.84 Å². The van der Waals surface area contributed by atoms with E-state index in [0.29, 0.717) is 29.2 Å². The van der Waals surface area contributed by atoms with Crippen LogP contribution in [-0.4, -0.2) is 17.5 Å². The Morgan fingerprint density at radius 2 is 1.45 bits per heavy atom. The average molecular weight is 458 g/mol. The van der Waals surface area contributed by atoms with E-state index in [1.54, 1.807) is 36.0 Å². The first-order chi connectivity index (χ1) is 16.2. The van der Waals surface area contributed by atoms with Crippen LogP contribution in [0.1, 0.15) is 58.4 Å². The minimum atomic E-state index is -0.556. The van der Waals surface area contributed by atoms with Gasteiger partial charge in [0.1, 0.15) is 5.71 Å². The number of thioether (sulfide) groups is 1. The predicted octanol–water partition coefficient (Wildman–Crippen LogP) is 6.95. The van der Waals surface area contributed by atoms with Crippen molar-refractivity contribution < 1.29 is 14.4 Å². The smallest absolute Gasteiger partial charge is 0.312 e. The molecule has 0 unspecified atom stereocenters. The van der Waals surface area contributed by atoms with E-state index < -0.39 is 5.97 Å². The van der Waals surface area contributed by atoms with Gasteiger partial charge < -0.3 is 4.84 Å². The van der Waals surface area contributed by atoms with Gasteiger partial charge in [0, 0.05) is 16.2 Å². The summed E-state index contributed by atoms with van der Waals surface area (Å²) >= 11 is 1.73. The van der Waals surface area contributed by atoms with E-state index >= 15 is 0 Å². The van der Waals surface area contributed by atoms with E-state index in [9.17, 15) is 9.59 Å². The minimum absolute atomic E-state index is 0.178. The standard InChI is InChI=1S/C28H27NO3S/c30-27(23-15-17-25(18-16-23)33-20-22-11-3-1-4-12-22)26(19-21-9-7-8-10-21)29-32-28(31)24-13-5-2-6-14-24/h1-6,11-18,21H,7-10,19-20H2. The lowest BCUT2D eigenvalue weighted by Gasteiger charge is -2.11. The molecule has 0 heterocycles. The number of carbonyl (C=O) groups is 2. The second-order valence-electron chi connectivity index (χ2n) is 8.27. The number of hydrogen-bond donors (Lipinski definition) is 0. The Hall–Kier alpha value is -3.18. The molecule has 3 aromatic rings. The fourth-order valence-electron chi connectivity index (χ4n) is 3.99. The molecule has 0 spiro atoms. The topological polar surface area (TPSA) is 55.7 Å². The number of ketones is 1. The Balaban J connectivity index is 1.45. The summed E-state index contributed by atoms with van der Waals surface area (Å²) in [4.78, 5) is 31.9. The van der Waals surface area contributed by atoms with Gasteiger partial charge in [-0.2, -0.15) is 0 Å². The zero-order valence-corrected chi connectivity index (χ0v) is 19.3. The molecule has 5 heteroatoms. The van der Waals surface area contributed by atoms with Gasteiger partial charge in [0.05, 0.1) is 5.56 Å². The first-order valence-corrected chi connectivity index (χ1v) is 12.3. The first-order valence-electron chi connectivity index (χ1n) is 11.3. The van der Waals surface area contributed by atoms with E-state index in [1.165, 1.54) is 18.4 Å². The molecule has 0 saturated heterocycles. The molecule has 4 rings (SSSR count). The van der Waals surface area contributed by atoms with Gasteiger partial charge in [-0.3, -0.25) is 4.79 Å². The van der Waals surface area contributed by atoms with Gasteiger partial charge >= 0.3 is 5.97 Å². The molecule has 1 aliphatic carbocycles. The fourth-order valence-corrected chi connectivity index (χ4v) is 4.85. The van der Waals surface area contributed by atoms with Crippen LogP contribution in [0.15, 0.2) is 95.0 Å². The average Bonchev–Trinajstić information content (AvgIpc) is 3.39. The highest BCUT2D eigenvalue weighted by atomic mass is 32.2. The highest BCUT2D eigenvalue weighted by molar-refractivity contribution is 7.98. The molecule has 0 atom stereocenters. The van der Waals surface area contributed by atoms with Crippen molar-refractivity contribution in [3.8, 4) is 0 Å². The van der Waals surface area contributed by atoms with Gasteiger partial charge in [-0.25, -0.2) is 4.79 Å². The van der Waals surface area contributed by atoms with E-state index in [1.807, 2.05) is 48.5 Å². The second-order valence-corrected chi connectivity index (χ2v) is 9.31. The number of nitrogens with zero attached hydrogens (tertiary/aromatic N) is 1. The Kier molecular flexibility index (Phi) is 8.09. The van der Waals surface area contributed by atoms with E-state index in [0.717, 1.165) is 23.5 Å². The molecule has 0 aliphatic heterocycles. The second kappa shape index (κ2) is 11.6. The number of benzene rings is 3. The van der Waals surface area contributed by atoms with Crippen molar-refractivity contribution >= 4 is 29.2 Å². The van der Waals surface area contributed by atoms with Gasteiger partial charge in [0.2, 0.25) is 5.78 Å². The number of carbonyl (C=O) groups excluding carboxylic acids is 2. The Morgan fingerprint density at radius 3 is 2.12 bits per heavy atom. The summed E-state index contributed by atoms with van der Waals surface area (Å²) in [6.45, 7) is 0. The van der Waals surface area contributed by atoms with Crippen LogP contribution < -0.4 is 0 Å². The van der Waals surface area contributed by atoms with Crippen LogP contribution in [0.4, 0.5) is 0 Å². The van der Waals surface area contributed by atoms with Crippen LogP contribution in [-0.2, 0) is 10.6 Å². The number of Topliss-reactive ketones (excluding diaryl/α,β-unsaturated/α-hetero) is 1. The summed E-state index contributed by atoms with van der Waals surface area (Å²) < 4.78 is 0. The molecular weight excluding hydrogens is 430 g/mol. The van der Waals surface area contributed by atoms with Crippen molar-refractivity contribution in [1.82, 2.24) is 0 Å². The van der Waals surface area contributed by atoms with E-state index in [2.05, 4.69) is 17.3 Å². The monoisotopic (exact) mass is 457 g/mol. The maximum absolute atomic E-state index is 13.2. The quantitative estimate of drug-likeness (QED) is 0.115. The maximum atomic E-state index is 13.2. The van der Waals surface area contributed by atoms with Crippen molar-refractivity contribution in [2.24, 2.45) is 11.1 Å². The zero-order valence-electron chi connectivity index (χ0n) is 18.5. The molecule has 0 aromatic heterocycles. The molecule has 168 valence electrons. The van der Waals surface area contributed by atoms with Gasteiger partial charge in [0.15, 0.2) is 0 Å². The number of rotatable bonds is 9. The van der Waals surface area contributed by atoms with Gasteiger partial charge in [0.25, 0.3) is 0 Å². The summed E-state index contributed by atoms with van der Waals surface area (Å²) in [5.41, 5.74) is 2.55. The Morgan fingerprint density at radius 1 is 0.818 bits per heavy atom. The molecule has 1 saturated carbocycles. The minimum Gasteiger partial charge on any atom is -0.312 e. The summed E-state index contributed by atoms with van der Waals surface area (Å²) in [6.07, 6.45) is 5.03. The molecule has 0 N–H and O–H groups in total. The van der Waals surface area contributed by atoms with Crippen molar-refractivity contribution in [3.05, 3.63) is 102 Å². The van der Waals surface area contributed by atoms with Crippen LogP contribution >= 0.6 is 11.8 Å². The summed E-state index contributed by atoms with van der Waals surface area (Å²) in [7, 11) is 0. The SMILES string of the molecule is O=C(ON=C(CC1CCCC1)C(=O)c1ccc(SCc2ccccc2)cc1)c1ccccc1. The lowest BCUT2D eigenvalue weighted by atomic mass is 9.96. The third kappa shape index (κ3) is 6.65. The highest BCUT2D eigenvalue weighted by Crippen LogP contribution is 2.29. The summed E-state index contributed by atoms with van der Waals surface area (Å²) in [5, 5.41) is 4.05. The zero-order chi connectivity index (χ0) is 22.9. The first kappa shape index (κ1) is 23.0. The molecule has 33 heavy (non-hydrogen) atoms. The molecule has 4 nitrogen and oxygen atoms in total. The molecule has 3 aromatic carbocycles. The molecular formula is C28H27NO3S. The van der Waals surface area contributed by atoms with Gasteiger partial charge in [-0.1, -0.05) is 79.4 Å². The van der Waals surface area contributed by atoms with Gasteiger partial charge in [-0.05, 0) is 54.3 Å². The predicted molar refractivity (Wildman–Crippen MR) is 133 cm³/mol. The Bertz CT molecular complexity index is 1090. The number of oxime groups is 1. The van der Waals surface area contributed by atoms with Crippen LogP contribution in [0.5, 0.6) is 0 Å². The lowest BCUT2D eigenvalue weighted by Crippen LogP contribution is -2.19. The normalized spacial score (nSPS) is 14.2. The maximum Gasteiger partial charge on any atom is 0.365 e. The summed E-state index contributed by atoms with van der Waals surface area (Å²) in [6, 6.07) is 26.6. The highest BCUT2D eigenvalue weighted by Gasteiger charge is 2.23.